The third kappa shape index (κ3) is 4.40. The zero-order valence-corrected chi connectivity index (χ0v) is 14.9. The van der Waals surface area contributed by atoms with Crippen LogP contribution in [-0.4, -0.2) is 27.0 Å². The summed E-state index contributed by atoms with van der Waals surface area (Å²) in [6.45, 7) is 4.67. The number of hydrogen-bond acceptors (Lipinski definition) is 9. The Balaban J connectivity index is 1.84. The van der Waals surface area contributed by atoms with Gasteiger partial charge in [-0.15, -0.1) is 16.5 Å². The van der Waals surface area contributed by atoms with Crippen molar-refractivity contribution in [2.75, 3.05) is 12.6 Å². The summed E-state index contributed by atoms with van der Waals surface area (Å²) in [7, 11) is 1.48. The van der Waals surface area contributed by atoms with Crippen molar-refractivity contribution in [2.24, 2.45) is 10.2 Å². The number of hydrogen-bond donors (Lipinski definition) is 1. The Labute approximate surface area is 149 Å². The molecule has 0 saturated carbocycles. The van der Waals surface area contributed by atoms with Gasteiger partial charge in [-0.25, -0.2) is 5.48 Å². The minimum atomic E-state index is 0.214. The number of nitrogens with zero attached hydrogens (tertiary/aromatic N) is 6. The van der Waals surface area contributed by atoms with E-state index in [9.17, 15) is 0 Å². The largest absolute Gasteiger partial charge is 0.277 e. The van der Waals surface area contributed by atoms with E-state index in [4.69, 9.17) is 4.84 Å². The molecule has 0 atom stereocenters. The summed E-state index contributed by atoms with van der Waals surface area (Å²) < 4.78 is 0. The van der Waals surface area contributed by atoms with Crippen molar-refractivity contribution in [3.05, 3.63) is 45.9 Å². The predicted molar refractivity (Wildman–Crippen MR) is 95.7 cm³/mol. The van der Waals surface area contributed by atoms with Crippen LogP contribution in [0.15, 0.2) is 40.8 Å². The molecule has 3 aromatic rings. The maximum absolute atomic E-state index is 4.88. The van der Waals surface area contributed by atoms with Crippen LogP contribution in [0.5, 0.6) is 0 Å². The Bertz CT molecular complexity index is 860. The molecule has 0 fully saturated rings. The number of thiophene rings is 1. The lowest BCUT2D eigenvalue weighted by atomic mass is 10.2. The van der Waals surface area contributed by atoms with E-state index in [2.05, 4.69) is 55.6 Å². The summed E-state index contributed by atoms with van der Waals surface area (Å²) in [4.78, 5) is 24.1. The molecule has 8 nitrogen and oxygen atoms in total. The van der Waals surface area contributed by atoms with Gasteiger partial charge in [0.15, 0.2) is 5.82 Å². The maximum atomic E-state index is 4.88. The van der Waals surface area contributed by atoms with Crippen molar-refractivity contribution in [3.8, 4) is 11.4 Å². The molecule has 0 saturated heterocycles. The summed E-state index contributed by atoms with van der Waals surface area (Å²) in [6, 6.07) is 5.74. The third-order valence-electron chi connectivity index (χ3n) is 3.36. The predicted octanol–water partition coefficient (Wildman–Crippen LogP) is 3.87. The molecule has 0 amide bonds. The normalized spacial score (nSPS) is 11.2. The highest BCUT2D eigenvalue weighted by molar-refractivity contribution is 7.12. The summed E-state index contributed by atoms with van der Waals surface area (Å²) in [5, 5.41) is 8.33. The highest BCUT2D eigenvalue weighted by Crippen LogP contribution is 2.22. The van der Waals surface area contributed by atoms with E-state index in [0.717, 1.165) is 10.4 Å². The van der Waals surface area contributed by atoms with Crippen molar-refractivity contribution in [1.29, 1.82) is 0 Å². The highest BCUT2D eigenvalue weighted by Gasteiger charge is 2.08. The van der Waals surface area contributed by atoms with Gasteiger partial charge in [-0.1, -0.05) is 0 Å². The monoisotopic (exact) mass is 355 g/mol. The lowest BCUT2D eigenvalue weighted by Crippen LogP contribution is -2.03. The molecular formula is C16H17N7OS. The molecule has 3 heterocycles. The molecule has 0 radical (unpaired) electrons. The van der Waals surface area contributed by atoms with Gasteiger partial charge in [0.2, 0.25) is 0 Å². The van der Waals surface area contributed by atoms with Crippen LogP contribution in [0.1, 0.15) is 15.3 Å². The van der Waals surface area contributed by atoms with Crippen LogP contribution in [-0.2, 0) is 11.4 Å². The standard InChI is InChI=1S/C16H17N7OS/c1-10-8-13(25-11(10)2)9-18-22-15-19-14(12-4-6-17-7-5-12)20-16(21-15)23-24-3/h4-8H,9H2,1-3H3,(H,19,20,21,23). The minimum Gasteiger partial charge on any atom is -0.277 e. The number of anilines is 1. The number of azo groups is 1. The van der Waals surface area contributed by atoms with Gasteiger partial charge in [0.1, 0.15) is 0 Å². The molecule has 0 bridgehead atoms. The lowest BCUT2D eigenvalue weighted by molar-refractivity contribution is 0.267. The van der Waals surface area contributed by atoms with E-state index in [1.165, 1.54) is 17.6 Å². The molecule has 0 spiro atoms. The Morgan fingerprint density at radius 2 is 1.96 bits per heavy atom. The molecule has 0 aliphatic rings. The van der Waals surface area contributed by atoms with Crippen molar-refractivity contribution < 1.29 is 4.84 Å². The van der Waals surface area contributed by atoms with Crippen molar-refractivity contribution in [3.63, 3.8) is 0 Å². The maximum Gasteiger partial charge on any atom is 0.273 e. The Morgan fingerprint density at radius 1 is 1.16 bits per heavy atom. The average molecular weight is 355 g/mol. The number of aromatic nitrogens is 4. The van der Waals surface area contributed by atoms with E-state index in [1.807, 2.05) is 12.1 Å². The molecule has 0 aromatic carbocycles. The summed E-state index contributed by atoms with van der Waals surface area (Å²) in [5.74, 6) is 0.946. The second kappa shape index (κ2) is 7.86. The van der Waals surface area contributed by atoms with E-state index in [1.54, 1.807) is 23.7 Å². The number of rotatable bonds is 6. The van der Waals surface area contributed by atoms with E-state index in [-0.39, 0.29) is 11.9 Å². The van der Waals surface area contributed by atoms with Crippen LogP contribution >= 0.6 is 11.3 Å². The van der Waals surface area contributed by atoms with Gasteiger partial charge in [0, 0.05) is 27.7 Å². The van der Waals surface area contributed by atoms with Gasteiger partial charge < -0.3 is 0 Å². The van der Waals surface area contributed by atoms with E-state index in [0.29, 0.717) is 12.4 Å². The molecule has 128 valence electrons. The second-order valence-electron chi connectivity index (χ2n) is 5.18. The van der Waals surface area contributed by atoms with Crippen LogP contribution < -0.4 is 5.48 Å². The molecule has 1 N–H and O–H groups in total. The summed E-state index contributed by atoms with van der Waals surface area (Å²) in [5.41, 5.74) is 4.67. The van der Waals surface area contributed by atoms with Crippen molar-refractivity contribution in [2.45, 2.75) is 20.4 Å². The van der Waals surface area contributed by atoms with Gasteiger partial charge >= 0.3 is 0 Å². The van der Waals surface area contributed by atoms with Crippen molar-refractivity contribution >= 4 is 23.2 Å². The molecule has 25 heavy (non-hydrogen) atoms. The quantitative estimate of drug-likeness (QED) is 0.532. The van der Waals surface area contributed by atoms with Crippen LogP contribution in [0.2, 0.25) is 0 Å². The fourth-order valence-electron chi connectivity index (χ4n) is 2.07. The highest BCUT2D eigenvalue weighted by atomic mass is 32.1. The minimum absolute atomic E-state index is 0.214. The molecule has 3 rings (SSSR count). The van der Waals surface area contributed by atoms with Crippen LogP contribution in [0.25, 0.3) is 11.4 Å². The smallest absolute Gasteiger partial charge is 0.273 e. The van der Waals surface area contributed by atoms with E-state index >= 15 is 0 Å². The van der Waals surface area contributed by atoms with Crippen molar-refractivity contribution in [1.82, 2.24) is 19.9 Å². The fraction of sp³-hybridized carbons (Fsp3) is 0.250. The van der Waals surface area contributed by atoms with Gasteiger partial charge in [0.05, 0.1) is 13.7 Å². The molecule has 3 aromatic heterocycles. The number of nitrogens with one attached hydrogen (secondary N) is 1. The van der Waals surface area contributed by atoms with Gasteiger partial charge in [-0.2, -0.15) is 20.1 Å². The first-order valence-corrected chi connectivity index (χ1v) is 8.36. The summed E-state index contributed by atoms with van der Waals surface area (Å²) >= 11 is 1.71. The average Bonchev–Trinajstić information content (AvgIpc) is 2.94. The Hall–Kier alpha value is -2.78. The zero-order valence-electron chi connectivity index (χ0n) is 14.1. The lowest BCUT2D eigenvalue weighted by Gasteiger charge is -2.04. The molecule has 0 aliphatic heterocycles. The molecule has 0 unspecified atom stereocenters. The topological polar surface area (TPSA) is 97.5 Å². The van der Waals surface area contributed by atoms with Gasteiger partial charge in [-0.05, 0) is 37.6 Å². The first kappa shape index (κ1) is 17.1. The number of aryl methyl sites for hydroxylation is 2. The zero-order chi connectivity index (χ0) is 17.6. The fourth-order valence-corrected chi connectivity index (χ4v) is 3.04. The Morgan fingerprint density at radius 3 is 2.64 bits per heavy atom. The number of pyridine rings is 1. The third-order valence-corrected chi connectivity index (χ3v) is 4.50. The van der Waals surface area contributed by atoms with Gasteiger partial charge in [0.25, 0.3) is 11.9 Å². The van der Waals surface area contributed by atoms with E-state index < -0.39 is 0 Å². The second-order valence-corrected chi connectivity index (χ2v) is 6.52. The first-order chi connectivity index (χ1) is 12.2. The first-order valence-electron chi connectivity index (χ1n) is 7.54. The molecule has 9 heteroatoms. The SMILES string of the molecule is CONc1nc(N=NCc2cc(C)c(C)s2)nc(-c2ccncc2)n1. The van der Waals surface area contributed by atoms with Crippen LogP contribution in [0.4, 0.5) is 11.9 Å². The molecular weight excluding hydrogens is 338 g/mol. The van der Waals surface area contributed by atoms with Gasteiger partial charge in [-0.3, -0.25) is 9.82 Å². The molecule has 0 aliphatic carbocycles. The van der Waals surface area contributed by atoms with Crippen LogP contribution in [0, 0.1) is 13.8 Å². The Kier molecular flexibility index (Phi) is 5.36. The summed E-state index contributed by atoms with van der Waals surface area (Å²) in [6.07, 6.45) is 3.34. The van der Waals surface area contributed by atoms with Crippen LogP contribution in [0.3, 0.4) is 0 Å².